The summed E-state index contributed by atoms with van der Waals surface area (Å²) in [7, 11) is 0. The number of amides is 1. The quantitative estimate of drug-likeness (QED) is 0.290. The van der Waals surface area contributed by atoms with Gasteiger partial charge in [0.1, 0.15) is 29.9 Å². The molecule has 0 aromatic heterocycles. The van der Waals surface area contributed by atoms with E-state index in [9.17, 15) is 14.7 Å². The standard InChI is InChI=1S/C28H31NO5S/c1-3-19(2)26(35)27(30)29-24(28(31)32)17-20-13-15-22(16-14-20)33-18-21-9-7-8-12-25(21)34-23-10-5-4-6-11-23/h4-16,19,24,26,35H,3,17-18H2,1-2H3,(H,29,30)(H,31,32)/t19-,24+,26?/m1/s1. The highest BCUT2D eigenvalue weighted by Crippen LogP contribution is 2.26. The number of ether oxygens (including phenoxy) is 2. The van der Waals surface area contributed by atoms with Crippen molar-refractivity contribution < 1.29 is 24.2 Å². The van der Waals surface area contributed by atoms with Crippen LogP contribution in [-0.4, -0.2) is 28.3 Å². The topological polar surface area (TPSA) is 84.9 Å². The monoisotopic (exact) mass is 493 g/mol. The fourth-order valence-corrected chi connectivity index (χ4v) is 3.68. The molecule has 0 aliphatic rings. The molecule has 0 spiro atoms. The molecular weight excluding hydrogens is 462 g/mol. The molecule has 0 saturated heterocycles. The third-order valence-corrected chi connectivity index (χ3v) is 6.51. The van der Waals surface area contributed by atoms with Crippen molar-refractivity contribution in [3.63, 3.8) is 0 Å². The number of thiol groups is 1. The Morgan fingerprint density at radius 2 is 1.60 bits per heavy atom. The minimum atomic E-state index is -1.08. The second kappa shape index (κ2) is 12.9. The van der Waals surface area contributed by atoms with Crippen LogP contribution in [0.2, 0.25) is 0 Å². The first-order valence-electron chi connectivity index (χ1n) is 11.6. The van der Waals surface area contributed by atoms with Crippen molar-refractivity contribution in [3.8, 4) is 17.2 Å². The lowest BCUT2D eigenvalue weighted by Gasteiger charge is -2.21. The lowest BCUT2D eigenvalue weighted by Crippen LogP contribution is -2.46. The SMILES string of the molecule is CC[C@@H](C)C(S)C(=O)N[C@@H](Cc1ccc(OCc2ccccc2Oc2ccccc2)cc1)C(=O)O. The first-order chi connectivity index (χ1) is 16.9. The third-order valence-electron chi connectivity index (χ3n) is 5.77. The van der Waals surface area contributed by atoms with E-state index in [4.69, 9.17) is 9.47 Å². The van der Waals surface area contributed by atoms with Gasteiger partial charge in [0, 0.05) is 12.0 Å². The zero-order chi connectivity index (χ0) is 25.2. The number of aliphatic carboxylic acids is 1. The van der Waals surface area contributed by atoms with Gasteiger partial charge < -0.3 is 19.9 Å². The third kappa shape index (κ3) is 7.79. The fraction of sp³-hybridized carbons (Fsp3) is 0.286. The van der Waals surface area contributed by atoms with Crippen LogP contribution in [0.3, 0.4) is 0 Å². The van der Waals surface area contributed by atoms with Crippen LogP contribution in [0.25, 0.3) is 0 Å². The molecule has 3 atom stereocenters. The van der Waals surface area contributed by atoms with E-state index in [1.54, 1.807) is 24.3 Å². The molecule has 3 aromatic carbocycles. The minimum absolute atomic E-state index is 0.0485. The largest absolute Gasteiger partial charge is 0.489 e. The molecule has 1 amide bonds. The van der Waals surface area contributed by atoms with E-state index in [0.29, 0.717) is 12.4 Å². The molecule has 0 heterocycles. The van der Waals surface area contributed by atoms with Crippen LogP contribution in [0.4, 0.5) is 0 Å². The van der Waals surface area contributed by atoms with E-state index in [2.05, 4.69) is 17.9 Å². The van der Waals surface area contributed by atoms with Gasteiger partial charge in [-0.2, -0.15) is 12.6 Å². The van der Waals surface area contributed by atoms with Gasteiger partial charge in [-0.25, -0.2) is 4.79 Å². The predicted molar refractivity (Wildman–Crippen MR) is 139 cm³/mol. The molecule has 6 nitrogen and oxygen atoms in total. The van der Waals surface area contributed by atoms with Gasteiger partial charge in [-0.05, 0) is 41.8 Å². The maximum Gasteiger partial charge on any atom is 0.326 e. The molecule has 1 unspecified atom stereocenters. The normalized spacial score (nSPS) is 13.3. The average Bonchev–Trinajstić information content (AvgIpc) is 2.88. The lowest BCUT2D eigenvalue weighted by molar-refractivity contribution is -0.141. The van der Waals surface area contributed by atoms with E-state index in [0.717, 1.165) is 29.0 Å². The molecule has 35 heavy (non-hydrogen) atoms. The number of rotatable bonds is 12. The van der Waals surface area contributed by atoms with E-state index < -0.39 is 17.3 Å². The van der Waals surface area contributed by atoms with Crippen LogP contribution >= 0.6 is 12.6 Å². The Morgan fingerprint density at radius 3 is 2.26 bits per heavy atom. The van der Waals surface area contributed by atoms with E-state index >= 15 is 0 Å². The summed E-state index contributed by atoms with van der Waals surface area (Å²) in [5.41, 5.74) is 1.67. The maximum absolute atomic E-state index is 12.4. The fourth-order valence-electron chi connectivity index (χ4n) is 3.40. The maximum atomic E-state index is 12.4. The summed E-state index contributed by atoms with van der Waals surface area (Å²) < 4.78 is 11.9. The molecule has 7 heteroatoms. The predicted octanol–water partition coefficient (Wildman–Crippen LogP) is 5.51. The van der Waals surface area contributed by atoms with E-state index in [1.165, 1.54) is 0 Å². The molecule has 3 rings (SSSR count). The number of hydrogen-bond donors (Lipinski definition) is 3. The number of benzene rings is 3. The number of nitrogens with one attached hydrogen (secondary N) is 1. The molecule has 3 aromatic rings. The van der Waals surface area contributed by atoms with Gasteiger partial charge in [0.2, 0.25) is 5.91 Å². The summed E-state index contributed by atoms with van der Waals surface area (Å²) in [6.45, 7) is 4.20. The first kappa shape index (κ1) is 26.2. The van der Waals surface area contributed by atoms with Crippen molar-refractivity contribution >= 4 is 24.5 Å². The van der Waals surface area contributed by atoms with Crippen molar-refractivity contribution in [3.05, 3.63) is 90.0 Å². The van der Waals surface area contributed by atoms with Gasteiger partial charge >= 0.3 is 5.97 Å². The highest BCUT2D eigenvalue weighted by atomic mass is 32.1. The van der Waals surface area contributed by atoms with Crippen molar-refractivity contribution in [1.29, 1.82) is 0 Å². The average molecular weight is 494 g/mol. The smallest absolute Gasteiger partial charge is 0.326 e. The summed E-state index contributed by atoms with van der Waals surface area (Å²) in [5.74, 6) is 0.705. The Bertz CT molecular complexity index is 1100. The highest BCUT2D eigenvalue weighted by Gasteiger charge is 2.26. The zero-order valence-electron chi connectivity index (χ0n) is 19.9. The molecule has 0 saturated carbocycles. The Morgan fingerprint density at radius 1 is 0.943 bits per heavy atom. The van der Waals surface area contributed by atoms with Gasteiger partial charge in [-0.3, -0.25) is 4.79 Å². The number of carbonyl (C=O) groups excluding carboxylic acids is 1. The molecular formula is C28H31NO5S. The molecule has 0 radical (unpaired) electrons. The molecule has 0 bridgehead atoms. The van der Waals surface area contributed by atoms with Gasteiger partial charge in [0.05, 0.1) is 5.25 Å². The Kier molecular flexibility index (Phi) is 9.61. The zero-order valence-corrected chi connectivity index (χ0v) is 20.8. The van der Waals surface area contributed by atoms with Gasteiger partial charge in [-0.1, -0.05) is 68.8 Å². The lowest BCUT2D eigenvalue weighted by atomic mass is 10.0. The number of para-hydroxylation sites is 2. The Balaban J connectivity index is 1.59. The molecule has 184 valence electrons. The number of hydrogen-bond acceptors (Lipinski definition) is 5. The van der Waals surface area contributed by atoms with Crippen molar-refractivity contribution in [2.75, 3.05) is 0 Å². The van der Waals surface area contributed by atoms with Gasteiger partial charge in [0.25, 0.3) is 0 Å². The Hall–Kier alpha value is -3.45. The molecule has 2 N–H and O–H groups in total. The second-order valence-corrected chi connectivity index (χ2v) is 8.95. The molecule has 0 aliphatic carbocycles. The van der Waals surface area contributed by atoms with Crippen molar-refractivity contribution in [2.24, 2.45) is 5.92 Å². The van der Waals surface area contributed by atoms with Crippen LogP contribution < -0.4 is 14.8 Å². The van der Waals surface area contributed by atoms with E-state index in [-0.39, 0.29) is 18.2 Å². The number of carboxylic acid groups (broad SMARTS) is 1. The van der Waals surface area contributed by atoms with Crippen LogP contribution in [-0.2, 0) is 22.6 Å². The second-order valence-electron chi connectivity index (χ2n) is 8.39. The summed E-state index contributed by atoms with van der Waals surface area (Å²) >= 11 is 4.34. The van der Waals surface area contributed by atoms with Crippen molar-refractivity contribution in [1.82, 2.24) is 5.32 Å². The number of carboxylic acids is 1. The van der Waals surface area contributed by atoms with Crippen LogP contribution in [0.15, 0.2) is 78.9 Å². The molecule has 0 fully saturated rings. The Labute approximate surface area is 211 Å². The van der Waals surface area contributed by atoms with Crippen LogP contribution in [0, 0.1) is 5.92 Å². The van der Waals surface area contributed by atoms with Crippen molar-refractivity contribution in [2.45, 2.75) is 44.6 Å². The van der Waals surface area contributed by atoms with Crippen LogP contribution in [0.5, 0.6) is 17.2 Å². The van der Waals surface area contributed by atoms with Gasteiger partial charge in [0.15, 0.2) is 0 Å². The van der Waals surface area contributed by atoms with Crippen LogP contribution in [0.1, 0.15) is 31.4 Å². The summed E-state index contributed by atoms with van der Waals surface area (Å²) in [6, 6.07) is 23.4. The summed E-state index contributed by atoms with van der Waals surface area (Å²) in [5, 5.41) is 11.6. The molecule has 0 aliphatic heterocycles. The number of carbonyl (C=O) groups is 2. The van der Waals surface area contributed by atoms with Gasteiger partial charge in [-0.15, -0.1) is 0 Å². The summed E-state index contributed by atoms with van der Waals surface area (Å²) in [6.07, 6.45) is 0.944. The minimum Gasteiger partial charge on any atom is -0.489 e. The summed E-state index contributed by atoms with van der Waals surface area (Å²) in [4.78, 5) is 24.1. The van der Waals surface area contributed by atoms with E-state index in [1.807, 2.05) is 68.4 Å². The highest BCUT2D eigenvalue weighted by molar-refractivity contribution is 7.81. The first-order valence-corrected chi connectivity index (χ1v) is 12.1.